The molecule has 0 aliphatic carbocycles. The van der Waals surface area contributed by atoms with Gasteiger partial charge in [-0.3, -0.25) is 19.9 Å². The third-order valence-corrected chi connectivity index (χ3v) is 4.50. The van der Waals surface area contributed by atoms with Gasteiger partial charge in [0.2, 0.25) is 0 Å². The molecule has 1 aromatic heterocycles. The molecule has 1 amide bonds. The summed E-state index contributed by atoms with van der Waals surface area (Å²) in [7, 11) is 1.26. The monoisotopic (exact) mass is 420 g/mol. The molecule has 1 unspecified atom stereocenters. The van der Waals surface area contributed by atoms with Crippen molar-refractivity contribution < 1.29 is 19.2 Å². The summed E-state index contributed by atoms with van der Waals surface area (Å²) in [5, 5.41) is 17.3. The highest BCUT2D eigenvalue weighted by atomic mass is 16.6. The number of carbonyl (C=O) groups excluding carboxylic acids is 2. The van der Waals surface area contributed by atoms with E-state index >= 15 is 0 Å². The summed E-state index contributed by atoms with van der Waals surface area (Å²) in [5.74, 6) is -1.08. The minimum Gasteiger partial charge on any atom is -0.465 e. The summed E-state index contributed by atoms with van der Waals surface area (Å²) in [6.07, 6.45) is 1.64. The summed E-state index contributed by atoms with van der Waals surface area (Å²) in [5.41, 5.74) is 1.50. The Hall–Kier alpha value is -4.27. The first-order valence-electron chi connectivity index (χ1n) is 9.34. The summed E-state index contributed by atoms with van der Waals surface area (Å²) in [6.45, 7) is 1.83. The SMILES string of the molecule is COC(=O)c1cccc(NC(=O)c2ccc(NC(C)c3ccccn3)c([N+](=O)[O-])c2)c1. The number of amides is 1. The van der Waals surface area contributed by atoms with Crippen LogP contribution in [0, 0.1) is 10.1 Å². The van der Waals surface area contributed by atoms with Crippen LogP contribution in [0.3, 0.4) is 0 Å². The highest BCUT2D eigenvalue weighted by Crippen LogP contribution is 2.29. The number of pyridine rings is 1. The van der Waals surface area contributed by atoms with Gasteiger partial charge in [-0.15, -0.1) is 0 Å². The molecule has 0 bridgehead atoms. The zero-order valence-electron chi connectivity index (χ0n) is 16.9. The van der Waals surface area contributed by atoms with E-state index in [9.17, 15) is 19.7 Å². The number of nitrogens with zero attached hydrogens (tertiary/aromatic N) is 2. The van der Waals surface area contributed by atoms with Crippen LogP contribution in [0.25, 0.3) is 0 Å². The number of rotatable bonds is 7. The maximum atomic E-state index is 12.6. The molecule has 0 saturated heterocycles. The highest BCUT2D eigenvalue weighted by molar-refractivity contribution is 6.05. The minimum atomic E-state index is -0.553. The van der Waals surface area contributed by atoms with Crippen molar-refractivity contribution in [3.63, 3.8) is 0 Å². The predicted octanol–water partition coefficient (Wildman–Crippen LogP) is 4.20. The molecule has 9 nitrogen and oxygen atoms in total. The molecule has 0 aliphatic heterocycles. The lowest BCUT2D eigenvalue weighted by molar-refractivity contribution is -0.384. The van der Waals surface area contributed by atoms with E-state index in [1.54, 1.807) is 30.5 Å². The lowest BCUT2D eigenvalue weighted by Crippen LogP contribution is -2.14. The Kier molecular flexibility index (Phi) is 6.56. The van der Waals surface area contributed by atoms with Gasteiger partial charge in [0.05, 0.1) is 29.3 Å². The molecule has 0 spiro atoms. The lowest BCUT2D eigenvalue weighted by atomic mass is 10.1. The molecular weight excluding hydrogens is 400 g/mol. The van der Waals surface area contributed by atoms with E-state index in [-0.39, 0.29) is 28.5 Å². The number of aromatic nitrogens is 1. The van der Waals surface area contributed by atoms with Crippen molar-refractivity contribution in [1.82, 2.24) is 4.98 Å². The number of hydrogen-bond acceptors (Lipinski definition) is 7. The van der Waals surface area contributed by atoms with Crippen molar-refractivity contribution in [3.05, 3.63) is 93.8 Å². The van der Waals surface area contributed by atoms with E-state index in [0.29, 0.717) is 5.69 Å². The van der Waals surface area contributed by atoms with Crippen LogP contribution >= 0.6 is 0 Å². The second-order valence-electron chi connectivity index (χ2n) is 6.64. The molecule has 0 radical (unpaired) electrons. The van der Waals surface area contributed by atoms with Gasteiger partial charge in [0.15, 0.2) is 0 Å². The molecule has 9 heteroatoms. The summed E-state index contributed by atoms with van der Waals surface area (Å²) < 4.78 is 4.66. The zero-order valence-corrected chi connectivity index (χ0v) is 16.9. The smallest absolute Gasteiger partial charge is 0.337 e. The number of hydrogen-bond donors (Lipinski definition) is 2. The fourth-order valence-electron chi connectivity index (χ4n) is 2.93. The molecule has 1 atom stereocenters. The molecule has 2 aromatic carbocycles. The van der Waals surface area contributed by atoms with Gasteiger partial charge in [0.25, 0.3) is 11.6 Å². The van der Waals surface area contributed by atoms with Crippen molar-refractivity contribution in [2.45, 2.75) is 13.0 Å². The number of carbonyl (C=O) groups is 2. The first-order valence-corrected chi connectivity index (χ1v) is 9.34. The van der Waals surface area contributed by atoms with Crippen molar-refractivity contribution in [3.8, 4) is 0 Å². The van der Waals surface area contributed by atoms with E-state index in [2.05, 4.69) is 20.4 Å². The van der Waals surface area contributed by atoms with E-state index in [1.807, 2.05) is 19.1 Å². The van der Waals surface area contributed by atoms with Crippen molar-refractivity contribution in [1.29, 1.82) is 0 Å². The zero-order chi connectivity index (χ0) is 22.4. The van der Waals surface area contributed by atoms with Crippen LogP contribution < -0.4 is 10.6 Å². The van der Waals surface area contributed by atoms with Gasteiger partial charge in [-0.05, 0) is 49.4 Å². The Balaban J connectivity index is 1.81. The van der Waals surface area contributed by atoms with Gasteiger partial charge >= 0.3 is 5.97 Å². The quantitative estimate of drug-likeness (QED) is 0.333. The van der Waals surface area contributed by atoms with Crippen LogP contribution in [0.5, 0.6) is 0 Å². The molecule has 3 aromatic rings. The standard InChI is InChI=1S/C22H20N4O5/c1-14(18-8-3-4-11-23-18)24-19-10-9-15(13-20(19)26(29)30)21(27)25-17-7-5-6-16(12-17)22(28)31-2/h3-14,24H,1-2H3,(H,25,27). The molecule has 0 fully saturated rings. The molecule has 2 N–H and O–H groups in total. The fraction of sp³-hybridized carbons (Fsp3) is 0.136. The summed E-state index contributed by atoms with van der Waals surface area (Å²) >= 11 is 0. The summed E-state index contributed by atoms with van der Waals surface area (Å²) in [4.78, 5) is 39.5. The number of anilines is 2. The van der Waals surface area contributed by atoms with Crippen LogP contribution in [0.1, 0.15) is 39.4 Å². The van der Waals surface area contributed by atoms with Gasteiger partial charge in [-0.2, -0.15) is 0 Å². The van der Waals surface area contributed by atoms with Crippen molar-refractivity contribution >= 4 is 28.9 Å². The van der Waals surface area contributed by atoms with Crippen LogP contribution in [-0.4, -0.2) is 28.9 Å². The predicted molar refractivity (Wildman–Crippen MR) is 115 cm³/mol. The highest BCUT2D eigenvalue weighted by Gasteiger charge is 2.20. The van der Waals surface area contributed by atoms with E-state index < -0.39 is 16.8 Å². The Labute approximate surface area is 178 Å². The Bertz CT molecular complexity index is 1120. The number of ether oxygens (including phenoxy) is 1. The molecule has 0 aliphatic rings. The number of methoxy groups -OCH3 is 1. The van der Waals surface area contributed by atoms with E-state index in [1.165, 1.54) is 31.4 Å². The van der Waals surface area contributed by atoms with Gasteiger partial charge in [0, 0.05) is 23.5 Å². The van der Waals surface area contributed by atoms with Crippen LogP contribution in [-0.2, 0) is 4.74 Å². The van der Waals surface area contributed by atoms with Crippen molar-refractivity contribution in [2.24, 2.45) is 0 Å². The third kappa shape index (κ3) is 5.21. The average Bonchev–Trinajstić information content (AvgIpc) is 2.79. The Morgan fingerprint density at radius 2 is 1.87 bits per heavy atom. The number of nitrogens with one attached hydrogen (secondary N) is 2. The van der Waals surface area contributed by atoms with Gasteiger partial charge in [-0.25, -0.2) is 4.79 Å². The largest absolute Gasteiger partial charge is 0.465 e. The topological polar surface area (TPSA) is 123 Å². The third-order valence-electron chi connectivity index (χ3n) is 4.50. The number of nitro groups is 1. The van der Waals surface area contributed by atoms with Gasteiger partial charge in [0.1, 0.15) is 5.69 Å². The van der Waals surface area contributed by atoms with E-state index in [4.69, 9.17) is 0 Å². The van der Waals surface area contributed by atoms with Crippen LogP contribution in [0.2, 0.25) is 0 Å². The lowest BCUT2D eigenvalue weighted by Gasteiger charge is -2.15. The number of nitro benzene ring substituents is 1. The first-order chi connectivity index (χ1) is 14.9. The summed E-state index contributed by atoms with van der Waals surface area (Å²) in [6, 6.07) is 15.5. The van der Waals surface area contributed by atoms with Crippen LogP contribution in [0.4, 0.5) is 17.1 Å². The number of benzene rings is 2. The van der Waals surface area contributed by atoms with Gasteiger partial charge in [-0.1, -0.05) is 12.1 Å². The average molecular weight is 420 g/mol. The minimum absolute atomic E-state index is 0.103. The molecular formula is C22H20N4O5. The Morgan fingerprint density at radius 3 is 2.55 bits per heavy atom. The first kappa shape index (κ1) is 21.4. The normalized spacial score (nSPS) is 11.3. The molecule has 3 rings (SSSR count). The molecule has 158 valence electrons. The fourth-order valence-corrected chi connectivity index (χ4v) is 2.93. The second-order valence-corrected chi connectivity index (χ2v) is 6.64. The second kappa shape index (κ2) is 9.49. The Morgan fingerprint density at radius 1 is 1.06 bits per heavy atom. The molecule has 0 saturated carbocycles. The van der Waals surface area contributed by atoms with Crippen LogP contribution in [0.15, 0.2) is 66.9 Å². The number of esters is 1. The van der Waals surface area contributed by atoms with E-state index in [0.717, 1.165) is 5.69 Å². The van der Waals surface area contributed by atoms with Crippen molar-refractivity contribution in [2.75, 3.05) is 17.7 Å². The van der Waals surface area contributed by atoms with Gasteiger partial charge < -0.3 is 15.4 Å². The molecule has 31 heavy (non-hydrogen) atoms. The molecule has 1 heterocycles. The maximum Gasteiger partial charge on any atom is 0.337 e. The maximum absolute atomic E-state index is 12.6.